The van der Waals surface area contributed by atoms with Crippen molar-refractivity contribution >= 4 is 23.6 Å². The number of carbonyl (C=O) groups excluding carboxylic acids is 2. The number of nitrogens with zero attached hydrogens (tertiary/aromatic N) is 1. The van der Waals surface area contributed by atoms with Crippen LogP contribution in [0.1, 0.15) is 48.0 Å². The third-order valence-electron chi connectivity index (χ3n) is 4.89. The molecule has 2 aromatic carbocycles. The molecule has 4 nitrogen and oxygen atoms in total. The third-order valence-corrected chi connectivity index (χ3v) is 5.99. The average Bonchev–Trinajstić information content (AvgIpc) is 2.76. The van der Waals surface area contributed by atoms with Crippen LogP contribution in [0.25, 0.3) is 0 Å². The second-order valence-corrected chi connectivity index (χ2v) is 8.26. The number of hydrogen-bond acceptors (Lipinski definition) is 3. The van der Waals surface area contributed by atoms with E-state index in [1.54, 1.807) is 11.8 Å². The standard InChI is InChI=1S/C23H28N2O2S/c26-22(10-7-17-28-21-8-3-1-4-9-21)24-18-19-11-13-20(14-12-19)23(27)25-15-5-2-6-16-25/h1,3-4,8-9,11-14H,2,5-7,10,15-18H2,(H,24,26). The summed E-state index contributed by atoms with van der Waals surface area (Å²) in [5.41, 5.74) is 1.75. The first kappa shape index (κ1) is 20.5. The van der Waals surface area contributed by atoms with Crippen molar-refractivity contribution in [1.29, 1.82) is 0 Å². The van der Waals surface area contributed by atoms with Gasteiger partial charge in [0.2, 0.25) is 5.91 Å². The smallest absolute Gasteiger partial charge is 0.253 e. The molecule has 1 N–H and O–H groups in total. The lowest BCUT2D eigenvalue weighted by molar-refractivity contribution is -0.121. The van der Waals surface area contributed by atoms with Gasteiger partial charge in [0.25, 0.3) is 5.91 Å². The lowest BCUT2D eigenvalue weighted by atomic mass is 10.1. The Hall–Kier alpha value is -2.27. The van der Waals surface area contributed by atoms with Gasteiger partial charge in [0.1, 0.15) is 0 Å². The largest absolute Gasteiger partial charge is 0.352 e. The van der Waals surface area contributed by atoms with Crippen LogP contribution in [0.4, 0.5) is 0 Å². The Balaban J connectivity index is 1.36. The number of benzene rings is 2. The molecule has 3 rings (SSSR count). The minimum Gasteiger partial charge on any atom is -0.352 e. The van der Waals surface area contributed by atoms with Crippen molar-refractivity contribution in [2.45, 2.75) is 43.5 Å². The zero-order valence-corrected chi connectivity index (χ0v) is 17.0. The van der Waals surface area contributed by atoms with Gasteiger partial charge in [-0.15, -0.1) is 11.8 Å². The maximum atomic E-state index is 12.5. The minimum atomic E-state index is 0.0714. The van der Waals surface area contributed by atoms with Crippen molar-refractivity contribution in [3.63, 3.8) is 0 Å². The van der Waals surface area contributed by atoms with Crippen molar-refractivity contribution in [2.75, 3.05) is 18.8 Å². The van der Waals surface area contributed by atoms with Crippen LogP contribution in [0.15, 0.2) is 59.5 Å². The summed E-state index contributed by atoms with van der Waals surface area (Å²) in [5, 5.41) is 2.97. The summed E-state index contributed by atoms with van der Waals surface area (Å²) >= 11 is 1.78. The molecule has 0 aromatic heterocycles. The molecule has 1 fully saturated rings. The molecule has 0 saturated carbocycles. The Bertz CT molecular complexity index is 756. The molecule has 0 atom stereocenters. The van der Waals surface area contributed by atoms with Crippen LogP contribution < -0.4 is 5.32 Å². The first-order valence-corrected chi connectivity index (χ1v) is 11.0. The van der Waals surface area contributed by atoms with E-state index in [9.17, 15) is 9.59 Å². The molecular formula is C23H28N2O2S. The van der Waals surface area contributed by atoms with Gasteiger partial charge in [-0.2, -0.15) is 0 Å². The Labute approximate surface area is 171 Å². The topological polar surface area (TPSA) is 49.4 Å². The van der Waals surface area contributed by atoms with Crippen LogP contribution in [-0.2, 0) is 11.3 Å². The summed E-state index contributed by atoms with van der Waals surface area (Å²) < 4.78 is 0. The van der Waals surface area contributed by atoms with Gasteiger partial charge < -0.3 is 10.2 Å². The highest BCUT2D eigenvalue weighted by Crippen LogP contribution is 2.18. The third kappa shape index (κ3) is 6.41. The summed E-state index contributed by atoms with van der Waals surface area (Å²) in [7, 11) is 0. The van der Waals surface area contributed by atoms with Crippen molar-refractivity contribution in [2.24, 2.45) is 0 Å². The molecule has 0 bridgehead atoms. The highest BCUT2D eigenvalue weighted by atomic mass is 32.2. The van der Waals surface area contributed by atoms with Crippen LogP contribution in [0.2, 0.25) is 0 Å². The van der Waals surface area contributed by atoms with Crippen LogP contribution in [0.5, 0.6) is 0 Å². The van der Waals surface area contributed by atoms with E-state index in [2.05, 4.69) is 17.4 Å². The number of carbonyl (C=O) groups is 2. The monoisotopic (exact) mass is 396 g/mol. The van der Waals surface area contributed by atoms with Crippen molar-refractivity contribution in [3.05, 3.63) is 65.7 Å². The molecule has 1 aliphatic heterocycles. The summed E-state index contributed by atoms with van der Waals surface area (Å²) in [6.45, 7) is 2.22. The fourth-order valence-corrected chi connectivity index (χ4v) is 4.15. The van der Waals surface area contributed by atoms with E-state index in [0.29, 0.717) is 13.0 Å². The summed E-state index contributed by atoms with van der Waals surface area (Å²) in [6.07, 6.45) is 4.80. The zero-order valence-electron chi connectivity index (χ0n) is 16.2. The van der Waals surface area contributed by atoms with E-state index in [1.165, 1.54) is 11.3 Å². The molecule has 148 valence electrons. The number of nitrogens with one attached hydrogen (secondary N) is 1. The predicted octanol–water partition coefficient (Wildman–Crippen LogP) is 4.50. The average molecular weight is 397 g/mol. The van der Waals surface area contributed by atoms with Crippen molar-refractivity contribution in [1.82, 2.24) is 10.2 Å². The van der Waals surface area contributed by atoms with Gasteiger partial charge in [-0.3, -0.25) is 9.59 Å². The summed E-state index contributed by atoms with van der Waals surface area (Å²) in [4.78, 5) is 27.7. The Morgan fingerprint density at radius 3 is 2.36 bits per heavy atom. The zero-order chi connectivity index (χ0) is 19.6. The molecule has 0 aliphatic carbocycles. The van der Waals surface area contributed by atoms with Crippen LogP contribution in [0, 0.1) is 0 Å². The molecule has 0 unspecified atom stereocenters. The number of hydrogen-bond donors (Lipinski definition) is 1. The quantitative estimate of drug-likeness (QED) is 0.528. The molecule has 28 heavy (non-hydrogen) atoms. The highest BCUT2D eigenvalue weighted by Gasteiger charge is 2.17. The van der Waals surface area contributed by atoms with E-state index in [0.717, 1.165) is 49.2 Å². The lowest BCUT2D eigenvalue weighted by Gasteiger charge is -2.26. The highest BCUT2D eigenvalue weighted by molar-refractivity contribution is 7.99. The predicted molar refractivity (Wildman–Crippen MR) is 114 cm³/mol. The van der Waals surface area contributed by atoms with Crippen LogP contribution in [0.3, 0.4) is 0 Å². The van der Waals surface area contributed by atoms with Gasteiger partial charge in [0, 0.05) is 36.5 Å². The second kappa shape index (κ2) is 10.9. The Kier molecular flexibility index (Phi) is 7.97. The molecule has 2 aromatic rings. The maximum Gasteiger partial charge on any atom is 0.253 e. The Morgan fingerprint density at radius 2 is 1.64 bits per heavy atom. The fraction of sp³-hybridized carbons (Fsp3) is 0.391. The molecule has 1 aliphatic rings. The first-order chi connectivity index (χ1) is 13.7. The molecule has 1 saturated heterocycles. The maximum absolute atomic E-state index is 12.5. The van der Waals surface area contributed by atoms with Gasteiger partial charge in [0.15, 0.2) is 0 Å². The molecule has 2 amide bonds. The fourth-order valence-electron chi connectivity index (χ4n) is 3.27. The van der Waals surface area contributed by atoms with Crippen LogP contribution >= 0.6 is 11.8 Å². The van der Waals surface area contributed by atoms with E-state index < -0.39 is 0 Å². The van der Waals surface area contributed by atoms with Gasteiger partial charge >= 0.3 is 0 Å². The van der Waals surface area contributed by atoms with Gasteiger partial charge in [-0.05, 0) is 61.3 Å². The number of rotatable bonds is 8. The van der Waals surface area contributed by atoms with E-state index >= 15 is 0 Å². The summed E-state index contributed by atoms with van der Waals surface area (Å²) in [6, 6.07) is 17.8. The first-order valence-electron chi connectivity index (χ1n) is 10.0. The van der Waals surface area contributed by atoms with Crippen LogP contribution in [-0.4, -0.2) is 35.6 Å². The normalized spacial score (nSPS) is 13.9. The minimum absolute atomic E-state index is 0.0714. The lowest BCUT2D eigenvalue weighted by Crippen LogP contribution is -2.35. The second-order valence-electron chi connectivity index (χ2n) is 7.09. The summed E-state index contributed by atoms with van der Waals surface area (Å²) in [5.74, 6) is 1.12. The van der Waals surface area contributed by atoms with Gasteiger partial charge in [0.05, 0.1) is 0 Å². The molecule has 1 heterocycles. The molecule has 0 radical (unpaired) electrons. The number of likely N-dealkylation sites (tertiary alicyclic amines) is 1. The molecular weight excluding hydrogens is 368 g/mol. The Morgan fingerprint density at radius 1 is 0.929 bits per heavy atom. The number of thioether (sulfide) groups is 1. The number of amides is 2. The molecule has 5 heteroatoms. The number of piperidine rings is 1. The SMILES string of the molecule is O=C(CCCSc1ccccc1)NCc1ccc(C(=O)N2CCCCC2)cc1. The molecule has 0 spiro atoms. The van der Waals surface area contributed by atoms with Gasteiger partial charge in [-0.25, -0.2) is 0 Å². The van der Waals surface area contributed by atoms with Crippen molar-refractivity contribution in [3.8, 4) is 0 Å². The van der Waals surface area contributed by atoms with E-state index in [4.69, 9.17) is 0 Å². The van der Waals surface area contributed by atoms with E-state index in [1.807, 2.05) is 47.4 Å². The van der Waals surface area contributed by atoms with Gasteiger partial charge in [-0.1, -0.05) is 30.3 Å². The van der Waals surface area contributed by atoms with Crippen molar-refractivity contribution < 1.29 is 9.59 Å². The van der Waals surface area contributed by atoms with E-state index in [-0.39, 0.29) is 11.8 Å².